The molecule has 0 aromatic heterocycles. The van der Waals surface area contributed by atoms with E-state index in [2.05, 4.69) is 0 Å². The summed E-state index contributed by atoms with van der Waals surface area (Å²) in [6.07, 6.45) is -4.37. The first kappa shape index (κ1) is 16.8. The van der Waals surface area contributed by atoms with E-state index in [1.54, 1.807) is 0 Å². The van der Waals surface area contributed by atoms with E-state index in [9.17, 15) is 35.1 Å². The molecule has 0 aliphatic carbocycles. The summed E-state index contributed by atoms with van der Waals surface area (Å²) in [5.74, 6) is -12.4. The topological polar surface area (TPSA) is 3.24 Å². The third-order valence-electron chi connectivity index (χ3n) is 3.50. The van der Waals surface area contributed by atoms with Crippen LogP contribution in [-0.2, 0) is 5.92 Å². The van der Waals surface area contributed by atoms with Gasteiger partial charge in [-0.1, -0.05) is 0 Å². The second kappa shape index (κ2) is 5.58. The lowest BCUT2D eigenvalue weighted by Crippen LogP contribution is -2.37. The van der Waals surface area contributed by atoms with E-state index in [1.165, 1.54) is 0 Å². The van der Waals surface area contributed by atoms with E-state index >= 15 is 0 Å². The van der Waals surface area contributed by atoms with Gasteiger partial charge in [0.25, 0.3) is 0 Å². The molecule has 0 saturated carbocycles. The minimum absolute atomic E-state index is 0.166. The summed E-state index contributed by atoms with van der Waals surface area (Å²) in [7, 11) is 0. The molecular weight excluding hydrogens is 322 g/mol. The number of halogens is 8. The molecule has 0 unspecified atom stereocenters. The zero-order valence-corrected chi connectivity index (χ0v) is 11.1. The third-order valence-corrected chi connectivity index (χ3v) is 3.50. The van der Waals surface area contributed by atoms with Gasteiger partial charge in [-0.2, -0.15) is 22.0 Å². The van der Waals surface area contributed by atoms with E-state index in [0.717, 1.165) is 11.3 Å². The van der Waals surface area contributed by atoms with E-state index < -0.39 is 40.8 Å². The lowest BCUT2D eigenvalue weighted by atomic mass is 10.0. The highest BCUT2D eigenvalue weighted by Crippen LogP contribution is 2.47. The Kier molecular flexibility index (Phi) is 4.27. The predicted octanol–water partition coefficient (Wildman–Crippen LogP) is 4.75. The molecule has 1 fully saturated rings. The van der Waals surface area contributed by atoms with Crippen molar-refractivity contribution < 1.29 is 35.1 Å². The van der Waals surface area contributed by atoms with Crippen LogP contribution in [0.3, 0.4) is 0 Å². The summed E-state index contributed by atoms with van der Waals surface area (Å²) in [5, 5.41) is 0. The minimum Gasteiger partial charge on any atom is -0.369 e. The normalized spacial score (nSPS) is 17.0. The van der Waals surface area contributed by atoms with Crippen LogP contribution in [0.2, 0.25) is 0 Å². The molecule has 0 atom stereocenters. The van der Waals surface area contributed by atoms with Crippen LogP contribution >= 0.6 is 0 Å². The molecule has 0 N–H and O–H groups in total. The van der Waals surface area contributed by atoms with Crippen molar-refractivity contribution in [2.24, 2.45) is 0 Å². The Morgan fingerprint density at radius 2 is 1.36 bits per heavy atom. The monoisotopic (exact) mass is 333 g/mol. The highest BCUT2D eigenvalue weighted by atomic mass is 19.4. The minimum atomic E-state index is -6.23. The van der Waals surface area contributed by atoms with Gasteiger partial charge in [-0.25, -0.2) is 13.2 Å². The Morgan fingerprint density at radius 1 is 0.818 bits per heavy atom. The number of hydrogen-bond acceptors (Lipinski definition) is 1. The first-order valence-electron chi connectivity index (χ1n) is 6.45. The summed E-state index contributed by atoms with van der Waals surface area (Å²) in [6.45, 7) is 0.331. The molecule has 9 heteroatoms. The van der Waals surface area contributed by atoms with Crippen molar-refractivity contribution in [3.8, 4) is 0 Å². The van der Waals surface area contributed by atoms with Crippen LogP contribution in [0.25, 0.3) is 0 Å². The van der Waals surface area contributed by atoms with Crippen molar-refractivity contribution in [3.05, 3.63) is 29.1 Å². The standard InChI is InChI=1S/C13H11F8N/c14-7-6-8(22-4-2-1-3-5-22)11(16)9(10(7)15)12(17,18)13(19,20)21/h6H,1-5H2. The van der Waals surface area contributed by atoms with E-state index in [1.807, 2.05) is 0 Å². The number of nitrogens with zero attached hydrogens (tertiary/aromatic N) is 1. The van der Waals surface area contributed by atoms with Crippen molar-refractivity contribution in [2.45, 2.75) is 31.4 Å². The fourth-order valence-corrected chi connectivity index (χ4v) is 2.37. The predicted molar refractivity (Wildman–Crippen MR) is 62.3 cm³/mol. The first-order chi connectivity index (χ1) is 10.1. The number of alkyl halides is 5. The van der Waals surface area contributed by atoms with Gasteiger partial charge in [-0.15, -0.1) is 0 Å². The van der Waals surface area contributed by atoms with Gasteiger partial charge >= 0.3 is 12.1 Å². The van der Waals surface area contributed by atoms with Gasteiger partial charge < -0.3 is 4.90 Å². The maximum Gasteiger partial charge on any atom is 0.458 e. The molecule has 22 heavy (non-hydrogen) atoms. The Hall–Kier alpha value is -1.54. The molecule has 124 valence electrons. The number of anilines is 1. The van der Waals surface area contributed by atoms with Crippen LogP contribution in [0.15, 0.2) is 6.07 Å². The average molecular weight is 333 g/mol. The molecular formula is C13H11F8N. The highest BCUT2D eigenvalue weighted by Gasteiger charge is 2.62. The molecule has 1 aromatic carbocycles. The molecule has 1 aromatic rings. The van der Waals surface area contributed by atoms with Crippen LogP contribution in [0.5, 0.6) is 0 Å². The highest BCUT2D eigenvalue weighted by molar-refractivity contribution is 5.53. The molecule has 2 rings (SSSR count). The van der Waals surface area contributed by atoms with Gasteiger partial charge in [-0.3, -0.25) is 0 Å². The maximum atomic E-state index is 14.1. The van der Waals surface area contributed by atoms with E-state index in [4.69, 9.17) is 0 Å². The SMILES string of the molecule is Fc1cc(N2CCCCC2)c(F)c(C(F)(F)C(F)(F)F)c1F. The number of piperidine rings is 1. The first-order valence-corrected chi connectivity index (χ1v) is 6.45. The van der Waals surface area contributed by atoms with Crippen LogP contribution in [0.1, 0.15) is 24.8 Å². The lowest BCUT2D eigenvalue weighted by molar-refractivity contribution is -0.291. The van der Waals surface area contributed by atoms with Crippen LogP contribution in [0.4, 0.5) is 40.8 Å². The van der Waals surface area contributed by atoms with Gasteiger partial charge in [0.2, 0.25) is 0 Å². The van der Waals surface area contributed by atoms with Crippen LogP contribution in [-0.4, -0.2) is 19.3 Å². The van der Waals surface area contributed by atoms with Crippen molar-refractivity contribution in [2.75, 3.05) is 18.0 Å². The summed E-state index contributed by atoms with van der Waals surface area (Å²) in [5.41, 5.74) is -3.38. The maximum absolute atomic E-state index is 14.1. The van der Waals surface area contributed by atoms with E-state index in [-0.39, 0.29) is 13.1 Å². The Labute approximate surface area is 120 Å². The molecule has 1 heterocycles. The summed E-state index contributed by atoms with van der Waals surface area (Å²) in [4.78, 5) is 1.14. The molecule has 1 aliphatic rings. The van der Waals surface area contributed by atoms with Gasteiger partial charge in [0.05, 0.1) is 5.69 Å². The summed E-state index contributed by atoms with van der Waals surface area (Å²) < 4.78 is 105. The molecule has 0 radical (unpaired) electrons. The Balaban J connectivity index is 2.61. The quantitative estimate of drug-likeness (QED) is 0.558. The second-order valence-electron chi connectivity index (χ2n) is 5.00. The Bertz CT molecular complexity index is 560. The van der Waals surface area contributed by atoms with Crippen LogP contribution in [0, 0.1) is 17.5 Å². The van der Waals surface area contributed by atoms with Crippen molar-refractivity contribution >= 4 is 5.69 Å². The van der Waals surface area contributed by atoms with Gasteiger partial charge in [0.15, 0.2) is 17.5 Å². The summed E-state index contributed by atoms with van der Waals surface area (Å²) >= 11 is 0. The van der Waals surface area contributed by atoms with Gasteiger partial charge in [0, 0.05) is 19.2 Å². The molecule has 0 spiro atoms. The zero-order valence-electron chi connectivity index (χ0n) is 11.1. The lowest BCUT2D eigenvalue weighted by Gasteiger charge is -2.31. The molecule has 0 amide bonds. The van der Waals surface area contributed by atoms with Crippen molar-refractivity contribution in [1.29, 1.82) is 0 Å². The van der Waals surface area contributed by atoms with Crippen molar-refractivity contribution in [1.82, 2.24) is 0 Å². The fourth-order valence-electron chi connectivity index (χ4n) is 2.37. The van der Waals surface area contributed by atoms with E-state index in [0.29, 0.717) is 18.9 Å². The van der Waals surface area contributed by atoms with Gasteiger partial charge in [-0.05, 0) is 19.3 Å². The Morgan fingerprint density at radius 3 is 1.86 bits per heavy atom. The summed E-state index contributed by atoms with van der Waals surface area (Å²) in [6, 6.07) is 0.311. The smallest absolute Gasteiger partial charge is 0.369 e. The molecule has 0 bridgehead atoms. The zero-order chi connectivity index (χ0) is 16.7. The number of hydrogen-bond donors (Lipinski definition) is 0. The van der Waals surface area contributed by atoms with Crippen LogP contribution < -0.4 is 4.90 Å². The fraction of sp³-hybridized carbons (Fsp3) is 0.538. The van der Waals surface area contributed by atoms with Gasteiger partial charge in [0.1, 0.15) is 5.56 Å². The molecule has 1 nitrogen and oxygen atoms in total. The second-order valence-corrected chi connectivity index (χ2v) is 5.00. The number of benzene rings is 1. The van der Waals surface area contributed by atoms with Crippen molar-refractivity contribution in [3.63, 3.8) is 0 Å². The third kappa shape index (κ3) is 2.72. The molecule has 1 aliphatic heterocycles. The molecule has 1 saturated heterocycles. The largest absolute Gasteiger partial charge is 0.458 e. The number of rotatable bonds is 2. The average Bonchev–Trinajstić information content (AvgIpc) is 2.42.